The Balaban J connectivity index is 1.79. The molecule has 3 rings (SSSR count). The summed E-state index contributed by atoms with van der Waals surface area (Å²) in [5, 5.41) is 2.67. The molecule has 0 aliphatic carbocycles. The fourth-order valence-electron chi connectivity index (χ4n) is 2.96. The van der Waals surface area contributed by atoms with Gasteiger partial charge in [0.15, 0.2) is 0 Å². The van der Waals surface area contributed by atoms with Crippen molar-refractivity contribution in [2.45, 2.75) is 4.90 Å². The van der Waals surface area contributed by atoms with Gasteiger partial charge in [-0.3, -0.25) is 4.79 Å². The summed E-state index contributed by atoms with van der Waals surface area (Å²) in [5.41, 5.74) is 0.789. The molecule has 160 valence electrons. The molecule has 0 atom stereocenters. The Labute approximate surface area is 174 Å². The van der Waals surface area contributed by atoms with Crippen LogP contribution in [0.3, 0.4) is 0 Å². The molecule has 0 aromatic heterocycles. The van der Waals surface area contributed by atoms with Crippen molar-refractivity contribution in [3.05, 3.63) is 53.6 Å². The van der Waals surface area contributed by atoms with Crippen LogP contribution in [0.5, 0.6) is 5.75 Å². The van der Waals surface area contributed by atoms with Crippen molar-refractivity contribution >= 4 is 27.6 Å². The average molecular weight is 434 g/mol. The quantitative estimate of drug-likeness (QED) is 0.690. The maximum Gasteiger partial charge on any atom is 0.337 e. The molecule has 10 heteroatoms. The molecule has 30 heavy (non-hydrogen) atoms. The molecule has 1 fully saturated rings. The van der Waals surface area contributed by atoms with Crippen LogP contribution in [0.1, 0.15) is 20.7 Å². The summed E-state index contributed by atoms with van der Waals surface area (Å²) in [6.45, 7) is 1.29. The van der Waals surface area contributed by atoms with Crippen LogP contribution in [0.25, 0.3) is 0 Å². The molecule has 0 spiro atoms. The second kappa shape index (κ2) is 9.24. The number of nitrogens with zero attached hydrogens (tertiary/aromatic N) is 1. The number of carbonyl (C=O) groups excluding carboxylic acids is 2. The summed E-state index contributed by atoms with van der Waals surface area (Å²) in [6.07, 6.45) is 0. The van der Waals surface area contributed by atoms with Gasteiger partial charge in [-0.05, 0) is 42.5 Å². The first-order valence-electron chi connectivity index (χ1n) is 9.12. The molecule has 2 aromatic rings. The minimum Gasteiger partial charge on any atom is -0.495 e. The molecule has 0 bridgehead atoms. The van der Waals surface area contributed by atoms with Gasteiger partial charge in [-0.15, -0.1) is 0 Å². The highest BCUT2D eigenvalue weighted by Gasteiger charge is 2.26. The first-order chi connectivity index (χ1) is 14.4. The number of sulfonamides is 1. The van der Waals surface area contributed by atoms with Crippen molar-refractivity contribution in [3.63, 3.8) is 0 Å². The van der Waals surface area contributed by atoms with E-state index in [4.69, 9.17) is 9.47 Å². The Bertz CT molecular complexity index is 1030. The standard InChI is InChI=1S/C20H22N2O7S/c1-27-18-8-5-15(20(24)28-2)13-17(18)21-19(23)14-3-6-16(7-4-14)30(25,26)22-9-11-29-12-10-22/h3-8,13H,9-12H2,1-2H3,(H,21,23). The highest BCUT2D eigenvalue weighted by molar-refractivity contribution is 7.89. The van der Waals surface area contributed by atoms with Gasteiger partial charge >= 0.3 is 5.97 Å². The number of hydrogen-bond acceptors (Lipinski definition) is 7. The number of carbonyl (C=O) groups is 2. The lowest BCUT2D eigenvalue weighted by Gasteiger charge is -2.26. The summed E-state index contributed by atoms with van der Waals surface area (Å²) in [6, 6.07) is 10.1. The summed E-state index contributed by atoms with van der Waals surface area (Å²) in [4.78, 5) is 24.5. The maximum atomic E-state index is 12.7. The van der Waals surface area contributed by atoms with Crippen LogP contribution in [0, 0.1) is 0 Å². The van der Waals surface area contributed by atoms with E-state index in [1.165, 1.54) is 54.9 Å². The van der Waals surface area contributed by atoms with E-state index in [-0.39, 0.29) is 21.7 Å². The third kappa shape index (κ3) is 4.61. The molecular formula is C20H22N2O7S. The minimum absolute atomic E-state index is 0.103. The topological polar surface area (TPSA) is 111 Å². The van der Waals surface area contributed by atoms with Crippen LogP contribution < -0.4 is 10.1 Å². The van der Waals surface area contributed by atoms with Crippen molar-refractivity contribution in [2.24, 2.45) is 0 Å². The van der Waals surface area contributed by atoms with E-state index in [1.807, 2.05) is 0 Å². The Kier molecular flexibility index (Phi) is 6.70. The van der Waals surface area contributed by atoms with E-state index < -0.39 is 21.9 Å². The summed E-state index contributed by atoms with van der Waals surface area (Å²) < 4.78 is 41.8. The molecule has 9 nitrogen and oxygen atoms in total. The lowest BCUT2D eigenvalue weighted by molar-refractivity contribution is 0.0600. The largest absolute Gasteiger partial charge is 0.495 e. The normalized spacial score (nSPS) is 14.7. The SMILES string of the molecule is COC(=O)c1ccc(OC)c(NC(=O)c2ccc(S(=O)(=O)N3CCOCC3)cc2)c1. The van der Waals surface area contributed by atoms with E-state index in [1.54, 1.807) is 6.07 Å². The number of rotatable bonds is 6. The van der Waals surface area contributed by atoms with Gasteiger partial charge in [-0.1, -0.05) is 0 Å². The Morgan fingerprint density at radius 1 is 1.00 bits per heavy atom. The van der Waals surface area contributed by atoms with Crippen LogP contribution in [0.4, 0.5) is 5.69 Å². The fraction of sp³-hybridized carbons (Fsp3) is 0.300. The molecule has 0 saturated carbocycles. The minimum atomic E-state index is -3.64. The molecule has 2 aromatic carbocycles. The molecule has 1 aliphatic heterocycles. The Morgan fingerprint density at radius 3 is 2.23 bits per heavy atom. The smallest absolute Gasteiger partial charge is 0.337 e. The lowest BCUT2D eigenvalue weighted by atomic mass is 10.1. The lowest BCUT2D eigenvalue weighted by Crippen LogP contribution is -2.40. The highest BCUT2D eigenvalue weighted by Crippen LogP contribution is 2.27. The van der Waals surface area contributed by atoms with Gasteiger partial charge in [-0.25, -0.2) is 13.2 Å². The maximum absolute atomic E-state index is 12.7. The van der Waals surface area contributed by atoms with Crippen LogP contribution in [0.2, 0.25) is 0 Å². The van der Waals surface area contributed by atoms with E-state index in [2.05, 4.69) is 10.1 Å². The van der Waals surface area contributed by atoms with Gasteiger partial charge in [0.25, 0.3) is 5.91 Å². The van der Waals surface area contributed by atoms with Crippen molar-refractivity contribution < 1.29 is 32.2 Å². The number of amides is 1. The van der Waals surface area contributed by atoms with Crippen molar-refractivity contribution in [1.82, 2.24) is 4.31 Å². The molecule has 1 aliphatic rings. The number of hydrogen-bond donors (Lipinski definition) is 1. The van der Waals surface area contributed by atoms with Gasteiger partial charge < -0.3 is 19.5 Å². The van der Waals surface area contributed by atoms with Gasteiger partial charge in [0.1, 0.15) is 5.75 Å². The van der Waals surface area contributed by atoms with Gasteiger partial charge in [0, 0.05) is 18.7 Å². The van der Waals surface area contributed by atoms with Gasteiger partial charge in [-0.2, -0.15) is 4.31 Å². The first-order valence-corrected chi connectivity index (χ1v) is 10.6. The first kappa shape index (κ1) is 21.8. The summed E-state index contributed by atoms with van der Waals surface area (Å²) in [7, 11) is -0.942. The second-order valence-corrected chi connectivity index (χ2v) is 8.34. The van der Waals surface area contributed by atoms with E-state index in [9.17, 15) is 18.0 Å². The molecule has 0 radical (unpaired) electrons. The van der Waals surface area contributed by atoms with Crippen LogP contribution in [-0.4, -0.2) is 65.1 Å². The summed E-state index contributed by atoms with van der Waals surface area (Å²) >= 11 is 0. The average Bonchev–Trinajstić information content (AvgIpc) is 2.79. The monoisotopic (exact) mass is 434 g/mol. The Morgan fingerprint density at radius 2 is 1.63 bits per heavy atom. The third-order valence-corrected chi connectivity index (χ3v) is 6.51. The number of ether oxygens (including phenoxy) is 3. The zero-order valence-electron chi connectivity index (χ0n) is 16.6. The van der Waals surface area contributed by atoms with E-state index in [0.29, 0.717) is 32.1 Å². The number of anilines is 1. The van der Waals surface area contributed by atoms with Crippen molar-refractivity contribution in [3.8, 4) is 5.75 Å². The number of benzene rings is 2. The number of esters is 1. The zero-order valence-corrected chi connectivity index (χ0v) is 17.4. The predicted octanol–water partition coefficient (Wildman–Crippen LogP) is 1.75. The molecule has 0 unspecified atom stereocenters. The van der Waals surface area contributed by atoms with Gasteiger partial charge in [0.05, 0.1) is 43.6 Å². The van der Waals surface area contributed by atoms with Crippen LogP contribution in [-0.2, 0) is 19.5 Å². The van der Waals surface area contributed by atoms with E-state index >= 15 is 0 Å². The predicted molar refractivity (Wildman–Crippen MR) is 108 cm³/mol. The molecule has 1 N–H and O–H groups in total. The Hall–Kier alpha value is -2.95. The highest BCUT2D eigenvalue weighted by atomic mass is 32.2. The molecular weight excluding hydrogens is 412 g/mol. The molecule has 1 saturated heterocycles. The number of morpholine rings is 1. The summed E-state index contributed by atoms with van der Waals surface area (Å²) in [5.74, 6) is -0.668. The zero-order chi connectivity index (χ0) is 21.7. The van der Waals surface area contributed by atoms with Crippen molar-refractivity contribution in [2.75, 3.05) is 45.8 Å². The van der Waals surface area contributed by atoms with Crippen LogP contribution in [0.15, 0.2) is 47.4 Å². The van der Waals surface area contributed by atoms with E-state index in [0.717, 1.165) is 0 Å². The third-order valence-electron chi connectivity index (χ3n) is 4.59. The van der Waals surface area contributed by atoms with Gasteiger partial charge in [0.2, 0.25) is 10.0 Å². The molecule has 1 heterocycles. The number of methoxy groups -OCH3 is 2. The fourth-order valence-corrected chi connectivity index (χ4v) is 4.37. The second-order valence-electron chi connectivity index (χ2n) is 6.40. The van der Waals surface area contributed by atoms with Crippen LogP contribution >= 0.6 is 0 Å². The molecule has 1 amide bonds. The van der Waals surface area contributed by atoms with Crippen molar-refractivity contribution in [1.29, 1.82) is 0 Å². The number of nitrogens with one attached hydrogen (secondary N) is 1.